The maximum Gasteiger partial charge on any atom is 0.335 e. The zero-order valence-electron chi connectivity index (χ0n) is 27.6. The fourth-order valence-electron chi connectivity index (χ4n) is 5.61. The van der Waals surface area contributed by atoms with Crippen LogP contribution in [0, 0.1) is 5.92 Å². The Balaban J connectivity index is 1.59. The van der Waals surface area contributed by atoms with E-state index in [0.29, 0.717) is 48.8 Å². The molecule has 0 bridgehead atoms. The Morgan fingerprint density at radius 2 is 1.79 bits per heavy atom. The molecule has 4 atom stereocenters. The van der Waals surface area contributed by atoms with Gasteiger partial charge >= 0.3 is 5.97 Å². The van der Waals surface area contributed by atoms with E-state index >= 15 is 0 Å². The number of aromatic nitrogens is 1. The van der Waals surface area contributed by atoms with Gasteiger partial charge in [-0.05, 0) is 88.2 Å². The van der Waals surface area contributed by atoms with E-state index in [2.05, 4.69) is 15.2 Å². The summed E-state index contributed by atoms with van der Waals surface area (Å²) in [6.45, 7) is 7.63. The van der Waals surface area contributed by atoms with E-state index in [1.807, 2.05) is 33.0 Å². The van der Waals surface area contributed by atoms with Crippen molar-refractivity contribution in [2.75, 3.05) is 38.7 Å². The smallest absolute Gasteiger partial charge is 0.335 e. The molecule has 2 aromatic carbocycles. The number of carboxylic acids is 1. The molecule has 3 N–H and O–H groups in total. The van der Waals surface area contributed by atoms with E-state index in [1.54, 1.807) is 66.7 Å². The molecular formula is C36H46N4O7. The molecule has 0 spiro atoms. The molecule has 4 rings (SSSR count). The molecule has 0 aliphatic carbocycles. The normalized spacial score (nSPS) is 20.1. The number of ether oxygens (including phenoxy) is 2. The van der Waals surface area contributed by atoms with Gasteiger partial charge in [-0.3, -0.25) is 19.5 Å². The van der Waals surface area contributed by atoms with Gasteiger partial charge in [0.1, 0.15) is 5.75 Å². The third-order valence-electron chi connectivity index (χ3n) is 8.40. The predicted octanol–water partition coefficient (Wildman–Crippen LogP) is 4.96. The number of benzene rings is 2. The molecule has 1 aliphatic rings. The number of hydrogen-bond donors (Lipinski definition) is 3. The molecule has 0 saturated heterocycles. The number of carbonyl (C=O) groups is 3. The maximum atomic E-state index is 14.3. The van der Waals surface area contributed by atoms with Crippen molar-refractivity contribution in [1.82, 2.24) is 14.8 Å². The maximum absolute atomic E-state index is 14.3. The first kappa shape index (κ1) is 35.5. The van der Waals surface area contributed by atoms with Crippen LogP contribution in [0.4, 0.5) is 5.69 Å². The van der Waals surface area contributed by atoms with Crippen molar-refractivity contribution in [2.24, 2.45) is 5.92 Å². The van der Waals surface area contributed by atoms with E-state index in [1.165, 1.54) is 0 Å². The van der Waals surface area contributed by atoms with Gasteiger partial charge in [0.25, 0.3) is 11.8 Å². The van der Waals surface area contributed by atoms with E-state index in [0.717, 1.165) is 24.8 Å². The van der Waals surface area contributed by atoms with Crippen molar-refractivity contribution >= 4 is 23.5 Å². The lowest BCUT2D eigenvalue weighted by Gasteiger charge is -2.36. The Hall–Kier alpha value is -4.32. The van der Waals surface area contributed by atoms with E-state index in [9.17, 15) is 24.6 Å². The summed E-state index contributed by atoms with van der Waals surface area (Å²) < 4.78 is 12.7. The molecule has 252 valence electrons. The number of rotatable bonds is 9. The van der Waals surface area contributed by atoms with Crippen molar-refractivity contribution in [2.45, 2.75) is 64.8 Å². The molecule has 1 aromatic heterocycles. The zero-order valence-corrected chi connectivity index (χ0v) is 27.6. The number of likely N-dealkylation sites (N-methyl/N-ethyl adjacent to an activating group) is 1. The zero-order chi connectivity index (χ0) is 33.9. The largest absolute Gasteiger partial charge is 0.490 e. The van der Waals surface area contributed by atoms with Crippen molar-refractivity contribution in [1.29, 1.82) is 0 Å². The number of hydrogen-bond acceptors (Lipinski definition) is 8. The van der Waals surface area contributed by atoms with Crippen LogP contribution in [0.1, 0.15) is 76.7 Å². The van der Waals surface area contributed by atoms with Crippen molar-refractivity contribution in [3.05, 3.63) is 89.2 Å². The van der Waals surface area contributed by atoms with E-state index < -0.39 is 12.0 Å². The number of aliphatic hydroxyl groups is 1. The number of carbonyl (C=O) groups excluding carboxylic acids is 2. The fourth-order valence-corrected chi connectivity index (χ4v) is 5.61. The van der Waals surface area contributed by atoms with Gasteiger partial charge in [0, 0.05) is 55.8 Å². The van der Waals surface area contributed by atoms with Crippen molar-refractivity contribution in [3.63, 3.8) is 0 Å². The van der Waals surface area contributed by atoms with Crippen LogP contribution in [-0.4, -0.2) is 94.4 Å². The highest BCUT2D eigenvalue weighted by Crippen LogP contribution is 2.29. The highest BCUT2D eigenvalue weighted by molar-refractivity contribution is 6.05. The van der Waals surface area contributed by atoms with Gasteiger partial charge in [0.2, 0.25) is 0 Å². The summed E-state index contributed by atoms with van der Waals surface area (Å²) in [6.07, 6.45) is 5.19. The minimum absolute atomic E-state index is 0.106. The summed E-state index contributed by atoms with van der Waals surface area (Å²) in [5.41, 5.74) is 2.41. The van der Waals surface area contributed by atoms with Crippen LogP contribution in [0.5, 0.6) is 5.75 Å². The summed E-state index contributed by atoms with van der Waals surface area (Å²) in [5.74, 6) is -1.29. The summed E-state index contributed by atoms with van der Waals surface area (Å²) in [5, 5.41) is 22.3. The molecular weight excluding hydrogens is 600 g/mol. The van der Waals surface area contributed by atoms with Crippen LogP contribution in [0.15, 0.2) is 67.0 Å². The quantitative estimate of drug-likeness (QED) is 0.294. The summed E-state index contributed by atoms with van der Waals surface area (Å²) in [4.78, 5) is 46.2. The van der Waals surface area contributed by atoms with Crippen LogP contribution < -0.4 is 10.1 Å². The number of carboxylic acid groups (broad SMARTS) is 1. The fraction of sp³-hybridized carbons (Fsp3) is 0.444. The summed E-state index contributed by atoms with van der Waals surface area (Å²) in [6, 6.07) is 14.6. The average molecular weight is 647 g/mol. The van der Waals surface area contributed by atoms with Gasteiger partial charge in [-0.2, -0.15) is 0 Å². The van der Waals surface area contributed by atoms with Crippen LogP contribution in [0.3, 0.4) is 0 Å². The van der Waals surface area contributed by atoms with Crippen LogP contribution in [0.2, 0.25) is 0 Å². The molecule has 11 heteroatoms. The Labute approximate surface area is 276 Å². The number of pyridine rings is 1. The van der Waals surface area contributed by atoms with Crippen molar-refractivity contribution < 1.29 is 34.1 Å². The van der Waals surface area contributed by atoms with Gasteiger partial charge in [-0.25, -0.2) is 4.79 Å². The first-order valence-electron chi connectivity index (χ1n) is 16.1. The Morgan fingerprint density at radius 1 is 1.06 bits per heavy atom. The molecule has 2 amide bonds. The molecule has 0 unspecified atom stereocenters. The first-order chi connectivity index (χ1) is 22.5. The van der Waals surface area contributed by atoms with Gasteiger partial charge in [-0.1, -0.05) is 19.1 Å². The highest BCUT2D eigenvalue weighted by atomic mass is 16.5. The van der Waals surface area contributed by atoms with Crippen LogP contribution in [-0.2, 0) is 11.3 Å². The third-order valence-corrected chi connectivity index (χ3v) is 8.40. The second kappa shape index (κ2) is 17.0. The minimum atomic E-state index is -0.961. The van der Waals surface area contributed by atoms with E-state index in [4.69, 9.17) is 9.47 Å². The number of nitrogens with zero attached hydrogens (tertiary/aromatic N) is 3. The highest BCUT2D eigenvalue weighted by Gasteiger charge is 2.30. The Bertz CT molecular complexity index is 1480. The number of nitrogens with one attached hydrogen (secondary N) is 1. The average Bonchev–Trinajstić information content (AvgIpc) is 3.06. The third kappa shape index (κ3) is 10.1. The van der Waals surface area contributed by atoms with Crippen LogP contribution >= 0.6 is 0 Å². The van der Waals surface area contributed by atoms with E-state index in [-0.39, 0.29) is 42.1 Å². The Morgan fingerprint density at radius 3 is 2.47 bits per heavy atom. The molecule has 0 fully saturated rings. The summed E-state index contributed by atoms with van der Waals surface area (Å²) >= 11 is 0. The molecule has 2 heterocycles. The summed E-state index contributed by atoms with van der Waals surface area (Å²) in [7, 11) is 1.99. The molecule has 47 heavy (non-hydrogen) atoms. The first-order valence-corrected chi connectivity index (χ1v) is 16.1. The van der Waals surface area contributed by atoms with Gasteiger partial charge in [-0.15, -0.1) is 0 Å². The molecule has 1 aliphatic heterocycles. The molecule has 0 radical (unpaired) electrons. The number of aromatic carboxylic acids is 1. The lowest BCUT2D eigenvalue weighted by atomic mass is 10.0. The number of fused-ring (bicyclic) bond motifs is 1. The SMILES string of the molecule is C[C@@H]1CN([C@@H](C)CO)C(=O)c2cc(NC(=O)c3ccncc3)ccc2O[C@@H](C)CCCCO[C@H]1CN(C)Cc1ccc(C(=O)O)cc1. The monoisotopic (exact) mass is 646 g/mol. The predicted molar refractivity (Wildman–Crippen MR) is 179 cm³/mol. The topological polar surface area (TPSA) is 142 Å². The lowest BCUT2D eigenvalue weighted by Crippen LogP contribution is -2.47. The second-order valence-electron chi connectivity index (χ2n) is 12.4. The van der Waals surface area contributed by atoms with Crippen LogP contribution in [0.25, 0.3) is 0 Å². The molecule has 0 saturated carbocycles. The lowest BCUT2D eigenvalue weighted by molar-refractivity contribution is -0.0177. The van der Waals surface area contributed by atoms with Crippen molar-refractivity contribution in [3.8, 4) is 5.75 Å². The van der Waals surface area contributed by atoms with Gasteiger partial charge in [0.15, 0.2) is 0 Å². The minimum Gasteiger partial charge on any atom is -0.490 e. The van der Waals surface area contributed by atoms with Gasteiger partial charge < -0.3 is 29.9 Å². The molecule has 3 aromatic rings. The van der Waals surface area contributed by atoms with Gasteiger partial charge in [0.05, 0.1) is 36.0 Å². The standard InChI is InChI=1S/C36H46N4O7/c1-24-20-40(25(2)23-41)35(43)31-19-30(38-34(42)28-14-16-37-17-15-28)12-13-32(31)47-26(3)7-5-6-18-46-33(24)22-39(4)21-27-8-10-29(11-9-27)36(44)45/h8-17,19,24-26,33,41H,5-7,18,20-23H2,1-4H3,(H,38,42)(H,44,45)/t24-,25+,26+,33+/m1/s1. The number of anilines is 1. The second-order valence-corrected chi connectivity index (χ2v) is 12.4. The number of aliphatic hydroxyl groups excluding tert-OH is 1. The number of amides is 2. The molecule has 11 nitrogen and oxygen atoms in total. The Kier molecular flexibility index (Phi) is 12.9.